The number of nitrogens with one attached hydrogen (secondary N) is 5. The Morgan fingerprint density at radius 2 is 0.783 bits per heavy atom. The lowest BCUT2D eigenvalue weighted by molar-refractivity contribution is -0.154. The van der Waals surface area contributed by atoms with Gasteiger partial charge in [0.1, 0.15) is 54.5 Å². The maximum absolute atomic E-state index is 15.8. The zero-order chi connectivity index (χ0) is 79.9. The molecule has 1 unspecified atom stereocenters. The summed E-state index contributed by atoms with van der Waals surface area (Å²) in [7, 11) is 5.49. The molecule has 0 bridgehead atoms. The molecule has 4 rings (SSSR count). The third kappa shape index (κ3) is 26.6. The Kier molecular flexibility index (Phi) is 35.4. The van der Waals surface area contributed by atoms with Gasteiger partial charge in [0.25, 0.3) is 11.8 Å². The predicted octanol–water partition coefficient (Wildman–Crippen LogP) is 3.99. The lowest BCUT2D eigenvalue weighted by Crippen LogP contribution is -2.65. The van der Waals surface area contributed by atoms with E-state index < -0.39 is 160 Å². The molecule has 12 amide bonds. The van der Waals surface area contributed by atoms with Gasteiger partial charge in [0, 0.05) is 74.6 Å². The molecule has 592 valence electrons. The summed E-state index contributed by atoms with van der Waals surface area (Å²) in [5.41, 5.74) is 1.16. The number of sulfonamides is 1. The van der Waals surface area contributed by atoms with Crippen LogP contribution in [0.2, 0.25) is 0 Å². The van der Waals surface area contributed by atoms with E-state index in [0.717, 1.165) is 27.4 Å². The fourth-order valence-corrected chi connectivity index (χ4v) is 14.2. The average Bonchev–Trinajstić information content (AvgIpc) is 0.811. The molecular weight excluding hydrogens is 1380 g/mol. The summed E-state index contributed by atoms with van der Waals surface area (Å²) in [5.74, 6) is -11.6. The fourth-order valence-electron chi connectivity index (χ4n) is 13.7. The number of rotatable bonds is 22. The highest BCUT2D eigenvalue weighted by molar-refractivity contribution is 7.89. The van der Waals surface area contributed by atoms with Crippen molar-refractivity contribution in [1.29, 1.82) is 0 Å². The van der Waals surface area contributed by atoms with Crippen LogP contribution >= 0.6 is 0 Å². The molecule has 2 aliphatic rings. The molecule has 0 saturated carbocycles. The standard InChI is InChI=1S/C77H123N13O15S/c1-47(2)38-56-72(98)87(17)62(43-52(11)12)74(100)85(15)60(42-51(9)10)70(96)81-66(77(103)90-36-28-23-29-37-90)76(102)89(19)65(46-91)83(13)58(40-49(5)6)67(93)79-57(39-48(3)4)73(99)88(18)63(45-54-32-26-22-27-33-54)75(101)86(16)61(44-53-30-24-21-25-31-53)69(95)78-55(34-35-64(92)82-106(20,104)105)71(97)84(14)59(41-50(7)8)68(94)80-56/h21-22,24-27,30-33,46-52,55-63,65-66H,23,28-29,34-45H2,1-20H3,(H,78,95)(H,79,93)(H,80,94)(H,81,96)(H,82,92)/t55-,56+,57-,58+,59-,60-,61-,62-,63-,65?,66-/m0/s1. The lowest BCUT2D eigenvalue weighted by atomic mass is 9.96. The van der Waals surface area contributed by atoms with Crippen molar-refractivity contribution in [3.05, 3.63) is 71.8 Å². The van der Waals surface area contributed by atoms with Crippen LogP contribution in [0, 0.1) is 35.5 Å². The van der Waals surface area contributed by atoms with Gasteiger partial charge in [0.15, 0.2) is 12.3 Å². The summed E-state index contributed by atoms with van der Waals surface area (Å²) in [5, 5.41) is 11.3. The Labute approximate surface area is 629 Å². The number of carbonyl (C=O) groups excluding carboxylic acids is 13. The van der Waals surface area contributed by atoms with Gasteiger partial charge in [0.05, 0.1) is 12.3 Å². The second-order valence-electron chi connectivity index (χ2n) is 31.5. The molecule has 0 radical (unpaired) electrons. The first-order valence-corrected chi connectivity index (χ1v) is 39.3. The van der Waals surface area contributed by atoms with Crippen molar-refractivity contribution in [2.24, 2.45) is 35.5 Å². The summed E-state index contributed by atoms with van der Waals surface area (Å²) in [6.45, 7) is 22.4. The van der Waals surface area contributed by atoms with Crippen LogP contribution in [0.3, 0.4) is 0 Å². The Morgan fingerprint density at radius 1 is 0.434 bits per heavy atom. The van der Waals surface area contributed by atoms with Crippen LogP contribution in [0.25, 0.3) is 0 Å². The van der Waals surface area contributed by atoms with Crippen LogP contribution < -0.4 is 26.0 Å². The van der Waals surface area contributed by atoms with Gasteiger partial charge in [-0.2, -0.15) is 0 Å². The number of piperidine rings is 1. The minimum Gasteiger partial charge on any atom is -0.343 e. The van der Waals surface area contributed by atoms with Gasteiger partial charge in [-0.1, -0.05) is 144 Å². The minimum absolute atomic E-state index is 0.000220. The molecule has 2 saturated heterocycles. The van der Waals surface area contributed by atoms with Crippen molar-refractivity contribution in [1.82, 2.24) is 65.2 Å². The first-order chi connectivity index (χ1) is 49.5. The molecule has 2 fully saturated rings. The number of aldehydes is 1. The molecule has 28 nitrogen and oxygen atoms in total. The zero-order valence-electron chi connectivity index (χ0n) is 66.4. The van der Waals surface area contributed by atoms with Gasteiger partial charge < -0.3 is 55.6 Å². The number of hydrogen-bond acceptors (Lipinski definition) is 16. The second kappa shape index (κ2) is 41.7. The van der Waals surface area contributed by atoms with Crippen LogP contribution in [0.15, 0.2) is 60.7 Å². The van der Waals surface area contributed by atoms with E-state index in [1.165, 1.54) is 73.8 Å². The normalized spacial score (nSPS) is 24.8. The molecule has 2 heterocycles. The van der Waals surface area contributed by atoms with Crippen LogP contribution in [0.5, 0.6) is 0 Å². The molecule has 11 atom stereocenters. The molecule has 106 heavy (non-hydrogen) atoms. The number of likely N-dealkylation sites (N-methyl/N-ethyl adjacent to an activating group) is 7. The Morgan fingerprint density at radius 3 is 1.23 bits per heavy atom. The second-order valence-corrected chi connectivity index (χ2v) is 33.3. The number of likely N-dealkylation sites (tertiary alicyclic amines) is 1. The zero-order valence-corrected chi connectivity index (χ0v) is 67.2. The molecule has 2 aliphatic heterocycles. The van der Waals surface area contributed by atoms with Gasteiger partial charge in [0.2, 0.25) is 69.1 Å². The van der Waals surface area contributed by atoms with E-state index >= 15 is 47.9 Å². The van der Waals surface area contributed by atoms with Gasteiger partial charge in [-0.25, -0.2) is 8.42 Å². The molecule has 0 spiro atoms. The molecule has 2 aromatic carbocycles. The third-order valence-electron chi connectivity index (χ3n) is 19.6. The number of amides is 12. The number of nitrogens with zero attached hydrogens (tertiary/aromatic N) is 8. The van der Waals surface area contributed by atoms with Gasteiger partial charge in [-0.05, 0) is 118 Å². The smallest absolute Gasteiger partial charge is 0.256 e. The highest BCUT2D eigenvalue weighted by atomic mass is 32.2. The van der Waals surface area contributed by atoms with E-state index in [1.807, 2.05) is 74.0 Å². The van der Waals surface area contributed by atoms with Crippen LogP contribution in [0.1, 0.15) is 165 Å². The molecule has 0 aliphatic carbocycles. The average molecular weight is 1500 g/mol. The van der Waals surface area contributed by atoms with E-state index in [1.54, 1.807) is 74.5 Å². The Bertz CT molecular complexity index is 3440. The Balaban J connectivity index is 2.12. The van der Waals surface area contributed by atoms with Crippen molar-refractivity contribution in [2.45, 2.75) is 233 Å². The number of hydrogen-bond donors (Lipinski definition) is 5. The molecule has 2 aromatic rings. The molecular formula is C77H123N13O15S. The van der Waals surface area contributed by atoms with Crippen LogP contribution in [0.4, 0.5) is 0 Å². The van der Waals surface area contributed by atoms with E-state index in [2.05, 4.69) is 21.3 Å². The quantitative estimate of drug-likeness (QED) is 0.0822. The van der Waals surface area contributed by atoms with E-state index in [9.17, 15) is 22.8 Å². The van der Waals surface area contributed by atoms with Gasteiger partial charge >= 0.3 is 0 Å². The van der Waals surface area contributed by atoms with Gasteiger partial charge in [-0.15, -0.1) is 0 Å². The summed E-state index contributed by atoms with van der Waals surface area (Å²) in [4.78, 5) is 206. The monoisotopic (exact) mass is 1500 g/mol. The highest BCUT2D eigenvalue weighted by Crippen LogP contribution is 2.26. The Hall–Kier alpha value is -8.34. The van der Waals surface area contributed by atoms with Gasteiger partial charge in [-0.3, -0.25) is 72.0 Å². The summed E-state index contributed by atoms with van der Waals surface area (Å²) < 4.78 is 26.7. The van der Waals surface area contributed by atoms with Crippen LogP contribution in [-0.2, 0) is 85.2 Å². The minimum atomic E-state index is -4.13. The van der Waals surface area contributed by atoms with Crippen LogP contribution in [-0.4, -0.2) is 260 Å². The lowest BCUT2D eigenvalue weighted by Gasteiger charge is -2.40. The maximum atomic E-state index is 15.8. The van der Waals surface area contributed by atoms with Crippen molar-refractivity contribution >= 4 is 87.2 Å². The maximum Gasteiger partial charge on any atom is 0.256 e. The topological polar surface area (TPSA) is 342 Å². The summed E-state index contributed by atoms with van der Waals surface area (Å²) in [6.07, 6.45) is 0.259. The third-order valence-corrected chi connectivity index (χ3v) is 20.2. The molecule has 0 aromatic heterocycles. The van der Waals surface area contributed by atoms with Crippen molar-refractivity contribution in [2.75, 3.05) is 68.7 Å². The largest absolute Gasteiger partial charge is 0.343 e. The van der Waals surface area contributed by atoms with E-state index in [-0.39, 0.29) is 100.0 Å². The molecule has 29 heteroatoms. The highest BCUT2D eigenvalue weighted by Gasteiger charge is 2.46. The predicted molar refractivity (Wildman–Crippen MR) is 404 cm³/mol. The van der Waals surface area contributed by atoms with Crippen molar-refractivity contribution in [3.8, 4) is 0 Å². The van der Waals surface area contributed by atoms with E-state index in [0.29, 0.717) is 30.3 Å². The number of benzene rings is 2. The van der Waals surface area contributed by atoms with Crippen molar-refractivity contribution in [3.63, 3.8) is 0 Å². The fraction of sp³-hybridized carbons (Fsp3) is 0.675. The number of carbonyl (C=O) groups is 13. The van der Waals surface area contributed by atoms with Crippen molar-refractivity contribution < 1.29 is 70.7 Å². The first-order valence-electron chi connectivity index (χ1n) is 37.4. The molecule has 5 N–H and O–H groups in total. The van der Waals surface area contributed by atoms with E-state index in [4.69, 9.17) is 0 Å². The SMILES string of the molecule is CC(C)C[C@@H]1NC(=O)[C@@H](CC(C)C)N(C)C(C=O)N(C)C(=O)[C@@H](C(=O)N2CCCCC2)NC(=O)[C@H](CC(C)C)N(C)C(=O)[C@H](CC(C)C)N(C)C(=O)[C@@H](CC(C)C)NC(=O)[C@H](CC(C)C)N(C)C(=O)[C@H](CCC(=O)NS(C)(=O)=O)NC(=O)[C@H](Cc2ccccc2)N(C)C(=O)[C@H](Cc2ccccc2)N(C)C1=O. The summed E-state index contributed by atoms with van der Waals surface area (Å²) >= 11 is 0. The first kappa shape index (κ1) is 90.1. The summed E-state index contributed by atoms with van der Waals surface area (Å²) in [6, 6.07) is 2.84.